The summed E-state index contributed by atoms with van der Waals surface area (Å²) in [4.78, 5) is 15.8. The van der Waals surface area contributed by atoms with Crippen molar-refractivity contribution >= 4 is 34.5 Å². The van der Waals surface area contributed by atoms with Crippen LogP contribution in [-0.4, -0.2) is 30.1 Å². The SMILES string of the molecule is CCOc1cc(/C=C(\C#N)C(=O)NCCc2c[nH]c3ccccc23)cc(Cl)c1O[C@@H](C)CC. The zero-order chi connectivity index (χ0) is 23.8. The summed E-state index contributed by atoms with van der Waals surface area (Å²) in [5.74, 6) is 0.506. The average molecular weight is 466 g/mol. The molecule has 0 saturated heterocycles. The van der Waals surface area contributed by atoms with E-state index in [1.165, 1.54) is 6.08 Å². The number of aromatic amines is 1. The largest absolute Gasteiger partial charge is 0.490 e. The first-order valence-corrected chi connectivity index (χ1v) is 11.4. The molecule has 2 N–H and O–H groups in total. The number of benzene rings is 2. The summed E-state index contributed by atoms with van der Waals surface area (Å²) in [6.07, 6.45) is 4.89. The molecule has 0 fully saturated rings. The molecule has 1 amide bonds. The lowest BCUT2D eigenvalue weighted by atomic mass is 10.1. The van der Waals surface area contributed by atoms with Crippen LogP contribution in [0.15, 0.2) is 48.2 Å². The quantitative estimate of drug-likeness (QED) is 0.298. The normalized spacial score (nSPS) is 12.3. The summed E-state index contributed by atoms with van der Waals surface area (Å²) in [5.41, 5.74) is 2.74. The van der Waals surface area contributed by atoms with Crippen LogP contribution in [0.4, 0.5) is 0 Å². The van der Waals surface area contributed by atoms with E-state index in [1.54, 1.807) is 12.1 Å². The first-order valence-electron chi connectivity index (χ1n) is 11.0. The Morgan fingerprint density at radius 3 is 2.82 bits per heavy atom. The van der Waals surface area contributed by atoms with Gasteiger partial charge in [-0.3, -0.25) is 4.79 Å². The van der Waals surface area contributed by atoms with Crippen molar-refractivity contribution in [1.29, 1.82) is 5.26 Å². The highest BCUT2D eigenvalue weighted by atomic mass is 35.5. The maximum Gasteiger partial charge on any atom is 0.261 e. The van der Waals surface area contributed by atoms with Crippen LogP contribution in [0.5, 0.6) is 11.5 Å². The molecule has 0 radical (unpaired) electrons. The van der Waals surface area contributed by atoms with Gasteiger partial charge in [0.05, 0.1) is 17.7 Å². The molecule has 1 atom stereocenters. The molecule has 0 bridgehead atoms. The van der Waals surface area contributed by atoms with E-state index in [4.69, 9.17) is 21.1 Å². The molecule has 33 heavy (non-hydrogen) atoms. The maximum atomic E-state index is 12.6. The summed E-state index contributed by atoms with van der Waals surface area (Å²) in [6.45, 7) is 6.68. The van der Waals surface area contributed by atoms with E-state index < -0.39 is 5.91 Å². The molecule has 0 aliphatic rings. The van der Waals surface area contributed by atoms with Crippen LogP contribution in [-0.2, 0) is 11.2 Å². The van der Waals surface area contributed by atoms with Crippen LogP contribution < -0.4 is 14.8 Å². The molecule has 0 saturated carbocycles. The first kappa shape index (κ1) is 24.2. The van der Waals surface area contributed by atoms with Crippen molar-refractivity contribution in [3.63, 3.8) is 0 Å². The number of amides is 1. The van der Waals surface area contributed by atoms with E-state index in [1.807, 2.05) is 57.3 Å². The van der Waals surface area contributed by atoms with Crippen molar-refractivity contribution in [1.82, 2.24) is 10.3 Å². The number of fused-ring (bicyclic) bond motifs is 1. The third-order valence-corrected chi connectivity index (χ3v) is 5.54. The van der Waals surface area contributed by atoms with Gasteiger partial charge in [-0.15, -0.1) is 0 Å². The number of para-hydroxylation sites is 1. The highest BCUT2D eigenvalue weighted by Crippen LogP contribution is 2.38. The van der Waals surface area contributed by atoms with Gasteiger partial charge in [-0.2, -0.15) is 5.26 Å². The molecular weight excluding hydrogens is 438 g/mol. The number of ether oxygens (including phenoxy) is 2. The van der Waals surface area contributed by atoms with Crippen molar-refractivity contribution in [3.8, 4) is 17.6 Å². The van der Waals surface area contributed by atoms with E-state index >= 15 is 0 Å². The fraction of sp³-hybridized carbons (Fsp3) is 0.308. The standard InChI is InChI=1S/C26H28ClN3O3/c1-4-17(3)33-25-22(27)13-18(14-24(25)32-5-2)12-20(15-28)26(31)29-11-10-19-16-30-23-9-7-6-8-21(19)23/h6-9,12-14,16-17,30H,4-5,10-11H2,1-3H3,(H,29,31)/b20-12+/t17-/m0/s1. The number of carbonyl (C=O) groups excluding carboxylic acids is 1. The molecule has 3 aromatic rings. The Kier molecular flexibility index (Phi) is 8.39. The predicted octanol–water partition coefficient (Wildman–Crippen LogP) is 5.66. The van der Waals surface area contributed by atoms with Crippen molar-refractivity contribution < 1.29 is 14.3 Å². The van der Waals surface area contributed by atoms with Crippen LogP contribution in [0, 0.1) is 11.3 Å². The molecule has 6 nitrogen and oxygen atoms in total. The molecule has 172 valence electrons. The number of nitrogens with zero attached hydrogens (tertiary/aromatic N) is 1. The minimum atomic E-state index is -0.439. The smallest absolute Gasteiger partial charge is 0.261 e. The van der Waals surface area contributed by atoms with Crippen LogP contribution >= 0.6 is 11.6 Å². The number of nitriles is 1. The Morgan fingerprint density at radius 1 is 1.30 bits per heavy atom. The summed E-state index contributed by atoms with van der Waals surface area (Å²) in [6, 6.07) is 13.4. The Morgan fingerprint density at radius 2 is 2.09 bits per heavy atom. The Hall–Kier alpha value is -3.43. The molecule has 7 heteroatoms. The topological polar surface area (TPSA) is 87.1 Å². The average Bonchev–Trinajstić information content (AvgIpc) is 3.22. The third kappa shape index (κ3) is 6.09. The van der Waals surface area contributed by atoms with Crippen LogP contribution in [0.1, 0.15) is 38.3 Å². The maximum absolute atomic E-state index is 12.6. The Balaban J connectivity index is 1.73. The monoisotopic (exact) mass is 465 g/mol. The fourth-order valence-electron chi connectivity index (χ4n) is 3.39. The molecule has 0 aliphatic heterocycles. The minimum Gasteiger partial charge on any atom is -0.490 e. The Labute approximate surface area is 199 Å². The second kappa shape index (κ2) is 11.4. The molecular formula is C26H28ClN3O3. The van der Waals surface area contributed by atoms with Gasteiger partial charge in [0.1, 0.15) is 11.6 Å². The molecule has 0 spiro atoms. The summed E-state index contributed by atoms with van der Waals surface area (Å²) in [5, 5.41) is 13.9. The molecule has 2 aromatic carbocycles. The number of hydrogen-bond acceptors (Lipinski definition) is 4. The number of H-pyrrole nitrogens is 1. The Bertz CT molecular complexity index is 1190. The van der Waals surface area contributed by atoms with E-state index in [2.05, 4.69) is 10.3 Å². The second-order valence-electron chi connectivity index (χ2n) is 7.63. The van der Waals surface area contributed by atoms with Crippen molar-refractivity contribution in [2.45, 2.75) is 39.7 Å². The summed E-state index contributed by atoms with van der Waals surface area (Å²) >= 11 is 6.45. The molecule has 0 aliphatic carbocycles. The number of aromatic nitrogens is 1. The summed E-state index contributed by atoms with van der Waals surface area (Å²) in [7, 11) is 0. The number of hydrogen-bond donors (Lipinski definition) is 2. The van der Waals surface area contributed by atoms with Crippen molar-refractivity contribution in [2.75, 3.05) is 13.2 Å². The van der Waals surface area contributed by atoms with Crippen molar-refractivity contribution in [2.24, 2.45) is 0 Å². The van der Waals surface area contributed by atoms with Gasteiger partial charge in [-0.05, 0) is 62.1 Å². The van der Waals surface area contributed by atoms with Crippen LogP contribution in [0.25, 0.3) is 17.0 Å². The van der Waals surface area contributed by atoms with Crippen molar-refractivity contribution in [3.05, 3.63) is 64.3 Å². The van der Waals surface area contributed by atoms with Gasteiger partial charge in [0.25, 0.3) is 5.91 Å². The van der Waals surface area contributed by atoms with E-state index in [0.29, 0.717) is 41.7 Å². The number of carbonyl (C=O) groups is 1. The zero-order valence-corrected chi connectivity index (χ0v) is 19.8. The van der Waals surface area contributed by atoms with Gasteiger partial charge in [0, 0.05) is 23.6 Å². The van der Waals surface area contributed by atoms with E-state index in [0.717, 1.165) is 22.9 Å². The molecule has 1 aromatic heterocycles. The minimum absolute atomic E-state index is 0.0111. The van der Waals surface area contributed by atoms with Gasteiger partial charge < -0.3 is 19.8 Å². The number of rotatable bonds is 10. The predicted molar refractivity (Wildman–Crippen MR) is 132 cm³/mol. The van der Waals surface area contributed by atoms with Gasteiger partial charge in [-0.1, -0.05) is 36.7 Å². The van der Waals surface area contributed by atoms with E-state index in [-0.39, 0.29) is 11.7 Å². The molecule has 0 unspecified atom stereocenters. The molecule has 3 rings (SSSR count). The second-order valence-corrected chi connectivity index (χ2v) is 8.04. The lowest BCUT2D eigenvalue weighted by Crippen LogP contribution is -2.26. The number of nitrogens with one attached hydrogen (secondary N) is 2. The van der Waals surface area contributed by atoms with E-state index in [9.17, 15) is 10.1 Å². The van der Waals surface area contributed by atoms with Gasteiger partial charge >= 0.3 is 0 Å². The number of halogens is 1. The lowest BCUT2D eigenvalue weighted by molar-refractivity contribution is -0.117. The van der Waals surface area contributed by atoms with Gasteiger partial charge in [-0.25, -0.2) is 0 Å². The first-order chi connectivity index (χ1) is 16.0. The molecule has 1 heterocycles. The zero-order valence-electron chi connectivity index (χ0n) is 19.1. The van der Waals surface area contributed by atoms with Gasteiger partial charge in [0.15, 0.2) is 11.5 Å². The summed E-state index contributed by atoms with van der Waals surface area (Å²) < 4.78 is 11.6. The highest BCUT2D eigenvalue weighted by molar-refractivity contribution is 6.32. The van der Waals surface area contributed by atoms with Gasteiger partial charge in [0.2, 0.25) is 0 Å². The highest BCUT2D eigenvalue weighted by Gasteiger charge is 2.16. The van der Waals surface area contributed by atoms with Crippen LogP contribution in [0.2, 0.25) is 5.02 Å². The van der Waals surface area contributed by atoms with Crippen LogP contribution in [0.3, 0.4) is 0 Å². The fourth-order valence-corrected chi connectivity index (χ4v) is 3.66. The third-order valence-electron chi connectivity index (χ3n) is 5.26. The lowest BCUT2D eigenvalue weighted by Gasteiger charge is -2.18.